The Bertz CT molecular complexity index is 526. The SMILES string of the molecule is N#Cc1cccnc1-c1cccc(N)c1. The average Bonchev–Trinajstić information content (AvgIpc) is 2.29. The van der Waals surface area contributed by atoms with E-state index in [1.165, 1.54) is 0 Å². The molecule has 15 heavy (non-hydrogen) atoms. The normalized spacial score (nSPS) is 9.53. The molecule has 3 nitrogen and oxygen atoms in total. The number of anilines is 1. The molecule has 0 aliphatic heterocycles. The molecular formula is C12H9N3. The largest absolute Gasteiger partial charge is 0.399 e. The lowest BCUT2D eigenvalue weighted by Crippen LogP contribution is -1.90. The van der Waals surface area contributed by atoms with Crippen LogP contribution in [0.1, 0.15) is 5.56 Å². The number of rotatable bonds is 1. The van der Waals surface area contributed by atoms with Gasteiger partial charge in [0.25, 0.3) is 0 Å². The number of hydrogen-bond acceptors (Lipinski definition) is 3. The molecule has 72 valence electrons. The summed E-state index contributed by atoms with van der Waals surface area (Å²) in [4.78, 5) is 4.18. The lowest BCUT2D eigenvalue weighted by molar-refractivity contribution is 1.30. The Hall–Kier alpha value is -2.34. The van der Waals surface area contributed by atoms with Crippen LogP contribution in [0, 0.1) is 11.3 Å². The van der Waals surface area contributed by atoms with Crippen LogP contribution in [0.2, 0.25) is 0 Å². The van der Waals surface area contributed by atoms with Gasteiger partial charge in [-0.15, -0.1) is 0 Å². The van der Waals surface area contributed by atoms with Crippen molar-refractivity contribution in [3.63, 3.8) is 0 Å². The first-order valence-corrected chi connectivity index (χ1v) is 4.52. The highest BCUT2D eigenvalue weighted by Gasteiger charge is 2.04. The van der Waals surface area contributed by atoms with Crippen molar-refractivity contribution in [2.24, 2.45) is 0 Å². The Labute approximate surface area is 87.8 Å². The molecule has 0 amide bonds. The highest BCUT2D eigenvalue weighted by molar-refractivity contribution is 5.69. The van der Waals surface area contributed by atoms with Crippen LogP contribution in [0.4, 0.5) is 5.69 Å². The van der Waals surface area contributed by atoms with Crippen molar-refractivity contribution in [3.8, 4) is 17.3 Å². The molecule has 0 saturated carbocycles. The molecule has 0 fully saturated rings. The molecule has 0 spiro atoms. The molecule has 1 aromatic carbocycles. The summed E-state index contributed by atoms with van der Waals surface area (Å²) >= 11 is 0. The number of nitriles is 1. The van der Waals surface area contributed by atoms with Gasteiger partial charge in [0.15, 0.2) is 0 Å². The molecule has 0 aliphatic carbocycles. The van der Waals surface area contributed by atoms with Crippen molar-refractivity contribution >= 4 is 5.69 Å². The van der Waals surface area contributed by atoms with Gasteiger partial charge < -0.3 is 5.73 Å². The Morgan fingerprint density at radius 2 is 2.07 bits per heavy atom. The summed E-state index contributed by atoms with van der Waals surface area (Å²) in [6, 6.07) is 12.9. The standard InChI is InChI=1S/C12H9N3/c13-8-10-4-2-6-15-12(10)9-3-1-5-11(14)7-9/h1-7H,14H2. The fraction of sp³-hybridized carbons (Fsp3) is 0. The number of nitrogens with zero attached hydrogens (tertiary/aromatic N) is 2. The lowest BCUT2D eigenvalue weighted by Gasteiger charge is -2.03. The first kappa shape index (κ1) is 9.22. The Morgan fingerprint density at radius 3 is 2.80 bits per heavy atom. The van der Waals surface area contributed by atoms with E-state index in [1.54, 1.807) is 24.4 Å². The second kappa shape index (κ2) is 3.81. The first-order chi connectivity index (χ1) is 7.31. The van der Waals surface area contributed by atoms with Crippen LogP contribution < -0.4 is 5.73 Å². The molecule has 1 heterocycles. The molecule has 3 heteroatoms. The van der Waals surface area contributed by atoms with Crippen LogP contribution in [0.3, 0.4) is 0 Å². The van der Waals surface area contributed by atoms with Gasteiger partial charge >= 0.3 is 0 Å². The van der Waals surface area contributed by atoms with E-state index in [0.717, 1.165) is 5.56 Å². The zero-order chi connectivity index (χ0) is 10.7. The zero-order valence-electron chi connectivity index (χ0n) is 8.01. The third-order valence-electron chi connectivity index (χ3n) is 2.09. The van der Waals surface area contributed by atoms with Crippen LogP contribution in [0.5, 0.6) is 0 Å². The molecule has 2 aromatic rings. The summed E-state index contributed by atoms with van der Waals surface area (Å²) in [5.41, 5.74) is 8.44. The quantitative estimate of drug-likeness (QED) is 0.709. The van der Waals surface area contributed by atoms with Crippen LogP contribution in [0.15, 0.2) is 42.6 Å². The van der Waals surface area contributed by atoms with Crippen molar-refractivity contribution in [2.75, 3.05) is 5.73 Å². The maximum Gasteiger partial charge on any atom is 0.101 e. The minimum atomic E-state index is 0.558. The molecule has 0 radical (unpaired) electrons. The number of hydrogen-bond donors (Lipinski definition) is 1. The van der Waals surface area contributed by atoms with Gasteiger partial charge in [0.05, 0.1) is 11.3 Å². The fourth-order valence-corrected chi connectivity index (χ4v) is 1.41. The van der Waals surface area contributed by atoms with Crippen molar-refractivity contribution in [1.82, 2.24) is 4.98 Å². The maximum atomic E-state index is 8.93. The number of nitrogens with two attached hydrogens (primary N) is 1. The predicted octanol–water partition coefficient (Wildman–Crippen LogP) is 2.20. The van der Waals surface area contributed by atoms with Crippen molar-refractivity contribution in [3.05, 3.63) is 48.2 Å². The highest BCUT2D eigenvalue weighted by atomic mass is 14.7. The molecule has 0 atom stereocenters. The van der Waals surface area contributed by atoms with Gasteiger partial charge in [-0.25, -0.2) is 0 Å². The molecule has 0 unspecified atom stereocenters. The van der Waals surface area contributed by atoms with Crippen molar-refractivity contribution < 1.29 is 0 Å². The van der Waals surface area contributed by atoms with Crippen molar-refractivity contribution in [2.45, 2.75) is 0 Å². The smallest absolute Gasteiger partial charge is 0.101 e. The number of benzene rings is 1. The molecule has 0 bridgehead atoms. The van der Waals surface area contributed by atoms with E-state index in [4.69, 9.17) is 11.0 Å². The molecule has 2 N–H and O–H groups in total. The minimum Gasteiger partial charge on any atom is -0.399 e. The lowest BCUT2D eigenvalue weighted by atomic mass is 10.1. The summed E-state index contributed by atoms with van der Waals surface area (Å²) in [6.45, 7) is 0. The minimum absolute atomic E-state index is 0.558. The van der Waals surface area contributed by atoms with Gasteiger partial charge in [-0.3, -0.25) is 4.98 Å². The maximum absolute atomic E-state index is 8.93. The first-order valence-electron chi connectivity index (χ1n) is 4.52. The number of nitrogen functional groups attached to an aromatic ring is 1. The topological polar surface area (TPSA) is 62.7 Å². The third-order valence-corrected chi connectivity index (χ3v) is 2.09. The number of pyridine rings is 1. The molecular weight excluding hydrogens is 186 g/mol. The van der Waals surface area contributed by atoms with Gasteiger partial charge in [0.2, 0.25) is 0 Å². The van der Waals surface area contributed by atoms with Gasteiger partial charge in [-0.1, -0.05) is 12.1 Å². The molecule has 1 aromatic heterocycles. The Balaban J connectivity index is 2.60. The second-order valence-electron chi connectivity index (χ2n) is 3.14. The van der Waals surface area contributed by atoms with E-state index < -0.39 is 0 Å². The molecule has 2 rings (SSSR count). The van der Waals surface area contributed by atoms with Crippen LogP contribution in [-0.2, 0) is 0 Å². The van der Waals surface area contributed by atoms with Gasteiger partial charge in [0, 0.05) is 17.4 Å². The summed E-state index contributed by atoms with van der Waals surface area (Å²) in [5.74, 6) is 0. The van der Waals surface area contributed by atoms with Crippen molar-refractivity contribution in [1.29, 1.82) is 5.26 Å². The van der Waals surface area contributed by atoms with Gasteiger partial charge in [0.1, 0.15) is 6.07 Å². The third kappa shape index (κ3) is 1.79. The Kier molecular flexibility index (Phi) is 2.34. The summed E-state index contributed by atoms with van der Waals surface area (Å²) < 4.78 is 0. The Morgan fingerprint density at radius 1 is 1.20 bits per heavy atom. The van der Waals surface area contributed by atoms with Crippen LogP contribution in [0.25, 0.3) is 11.3 Å². The summed E-state index contributed by atoms with van der Waals surface area (Å²) in [6.07, 6.45) is 1.67. The van der Waals surface area contributed by atoms with Crippen LogP contribution >= 0.6 is 0 Å². The van der Waals surface area contributed by atoms with E-state index >= 15 is 0 Å². The average molecular weight is 195 g/mol. The van der Waals surface area contributed by atoms with E-state index in [0.29, 0.717) is 16.9 Å². The molecule has 0 aliphatic rings. The predicted molar refractivity (Wildman–Crippen MR) is 58.8 cm³/mol. The zero-order valence-corrected chi connectivity index (χ0v) is 8.01. The monoisotopic (exact) mass is 195 g/mol. The molecule has 0 saturated heterocycles. The van der Waals surface area contributed by atoms with E-state index in [1.807, 2.05) is 18.2 Å². The summed E-state index contributed by atoms with van der Waals surface area (Å²) in [5, 5.41) is 8.93. The highest BCUT2D eigenvalue weighted by Crippen LogP contribution is 2.22. The number of aromatic nitrogens is 1. The fourth-order valence-electron chi connectivity index (χ4n) is 1.41. The van der Waals surface area contributed by atoms with E-state index in [9.17, 15) is 0 Å². The van der Waals surface area contributed by atoms with Gasteiger partial charge in [-0.05, 0) is 24.3 Å². The van der Waals surface area contributed by atoms with Gasteiger partial charge in [-0.2, -0.15) is 5.26 Å². The van der Waals surface area contributed by atoms with E-state index in [2.05, 4.69) is 11.1 Å². The summed E-state index contributed by atoms with van der Waals surface area (Å²) in [7, 11) is 0. The van der Waals surface area contributed by atoms with Crippen LogP contribution in [-0.4, -0.2) is 4.98 Å². The second-order valence-corrected chi connectivity index (χ2v) is 3.14. The van der Waals surface area contributed by atoms with E-state index in [-0.39, 0.29) is 0 Å².